The first-order chi connectivity index (χ1) is 22.3. The number of fused-ring (bicyclic) bond motifs is 6. The van der Waals surface area contributed by atoms with Crippen LogP contribution in [0.4, 0.5) is 0 Å². The zero-order valence-corrected chi connectivity index (χ0v) is 25.0. The number of hydrogen-bond donors (Lipinski definition) is 3. The fourth-order valence-corrected chi connectivity index (χ4v) is 7.66. The van der Waals surface area contributed by atoms with Crippen molar-refractivity contribution in [2.45, 2.75) is 43.2 Å². The van der Waals surface area contributed by atoms with Crippen LogP contribution in [-0.4, -0.2) is 0 Å². The van der Waals surface area contributed by atoms with E-state index in [1.54, 1.807) is 0 Å². The number of rotatable bonds is 4. The van der Waals surface area contributed by atoms with Gasteiger partial charge in [-0.2, -0.15) is 0 Å². The van der Waals surface area contributed by atoms with Crippen molar-refractivity contribution in [2.75, 3.05) is 0 Å². The highest BCUT2D eigenvalue weighted by Crippen LogP contribution is 2.49. The van der Waals surface area contributed by atoms with Gasteiger partial charge in [0, 0.05) is 22.8 Å². The second kappa shape index (κ2) is 11.0. The van der Waals surface area contributed by atoms with Crippen molar-refractivity contribution in [3.8, 4) is 5.75 Å². The first-order valence-corrected chi connectivity index (χ1v) is 16.1. The third-order valence-electron chi connectivity index (χ3n) is 9.92. The maximum Gasteiger partial charge on any atom is 0.139 e. The van der Waals surface area contributed by atoms with Crippen LogP contribution < -0.4 is 20.7 Å². The second-order valence-electron chi connectivity index (χ2n) is 12.5. The van der Waals surface area contributed by atoms with Gasteiger partial charge in [0.05, 0.1) is 18.5 Å². The number of nitrogens with one attached hydrogen (secondary N) is 3. The first-order valence-electron chi connectivity index (χ1n) is 16.1. The quantitative estimate of drug-likeness (QED) is 0.197. The van der Waals surface area contributed by atoms with E-state index in [1.165, 1.54) is 49.7 Å². The summed E-state index contributed by atoms with van der Waals surface area (Å²) >= 11 is 0. The van der Waals surface area contributed by atoms with Crippen LogP contribution in [-0.2, 0) is 0 Å². The van der Waals surface area contributed by atoms with Gasteiger partial charge in [0.1, 0.15) is 11.5 Å². The molecule has 0 aromatic heterocycles. The number of ether oxygens (including phenoxy) is 1. The van der Waals surface area contributed by atoms with Crippen molar-refractivity contribution in [3.63, 3.8) is 0 Å². The molecular weight excluding hydrogens is 550 g/mol. The zero-order chi connectivity index (χ0) is 29.7. The predicted molar refractivity (Wildman–Crippen MR) is 182 cm³/mol. The highest BCUT2D eigenvalue weighted by Gasteiger charge is 2.35. The largest absolute Gasteiger partial charge is 0.460 e. The van der Waals surface area contributed by atoms with Crippen LogP contribution in [0.25, 0.3) is 16.8 Å². The summed E-state index contributed by atoms with van der Waals surface area (Å²) in [7, 11) is 0. The molecule has 1 fully saturated rings. The van der Waals surface area contributed by atoms with Crippen LogP contribution in [0, 0.1) is 0 Å². The smallest absolute Gasteiger partial charge is 0.139 e. The van der Waals surface area contributed by atoms with Crippen LogP contribution in [0.3, 0.4) is 0 Å². The summed E-state index contributed by atoms with van der Waals surface area (Å²) < 4.78 is 6.61. The van der Waals surface area contributed by atoms with Crippen molar-refractivity contribution in [2.24, 2.45) is 0 Å². The van der Waals surface area contributed by atoms with Gasteiger partial charge in [-0.1, -0.05) is 133 Å². The topological polar surface area (TPSA) is 45.3 Å². The summed E-state index contributed by atoms with van der Waals surface area (Å²) in [5.41, 5.74) is 9.00. The third kappa shape index (κ3) is 4.65. The van der Waals surface area contributed by atoms with E-state index >= 15 is 0 Å². The van der Waals surface area contributed by atoms with Gasteiger partial charge in [-0.3, -0.25) is 16.0 Å². The van der Waals surface area contributed by atoms with Gasteiger partial charge in [-0.15, -0.1) is 0 Å². The minimum Gasteiger partial charge on any atom is -0.460 e. The Balaban J connectivity index is 1.09. The Kier molecular flexibility index (Phi) is 6.52. The standard InChI is InChI=1S/C41H35N3O/c1-2-11-29(12-3-1)39-42-40(30-22-20-27(21-23-30)32-17-8-13-26-10-4-5-15-31(26)32)44-41(43-39)35-18-9-14-28-24-25-34-33-16-6-7-19-36(33)45-38(34)37(28)35/h1-15,18-25,32-33,39-44H,16-17H2. The lowest BCUT2D eigenvalue weighted by Gasteiger charge is -2.40. The van der Waals surface area contributed by atoms with Gasteiger partial charge < -0.3 is 4.74 Å². The number of hydrogen-bond acceptors (Lipinski definition) is 4. The molecule has 5 unspecified atom stereocenters. The van der Waals surface area contributed by atoms with Gasteiger partial charge in [-0.25, -0.2) is 0 Å². The normalized spacial score (nSPS) is 24.8. The molecule has 0 saturated carbocycles. The average Bonchev–Trinajstić information content (AvgIpc) is 3.50. The molecule has 1 saturated heterocycles. The van der Waals surface area contributed by atoms with Gasteiger partial charge in [0.15, 0.2) is 0 Å². The highest BCUT2D eigenvalue weighted by molar-refractivity contribution is 5.94. The molecule has 5 atom stereocenters. The Morgan fingerprint density at radius 2 is 1.24 bits per heavy atom. The summed E-state index contributed by atoms with van der Waals surface area (Å²) in [6, 6.07) is 39.8. The second-order valence-corrected chi connectivity index (χ2v) is 12.5. The van der Waals surface area contributed by atoms with Crippen molar-refractivity contribution < 1.29 is 4.74 Å². The molecule has 3 N–H and O–H groups in total. The monoisotopic (exact) mass is 585 g/mol. The van der Waals surface area contributed by atoms with E-state index in [-0.39, 0.29) is 18.5 Å². The van der Waals surface area contributed by atoms with Crippen LogP contribution in [0.1, 0.15) is 82.1 Å². The maximum atomic E-state index is 6.61. The Hall–Kier alpha value is -4.74. The highest BCUT2D eigenvalue weighted by atomic mass is 16.5. The molecule has 0 radical (unpaired) electrons. The fourth-order valence-electron chi connectivity index (χ4n) is 7.66. The van der Waals surface area contributed by atoms with E-state index in [0.29, 0.717) is 11.8 Å². The van der Waals surface area contributed by atoms with Crippen molar-refractivity contribution in [3.05, 3.63) is 178 Å². The first kappa shape index (κ1) is 26.6. The minimum absolute atomic E-state index is 0.0418. The molecule has 9 rings (SSSR count). The average molecular weight is 586 g/mol. The number of benzene rings is 5. The molecular formula is C41H35N3O. The Morgan fingerprint density at radius 3 is 2.11 bits per heavy atom. The van der Waals surface area contributed by atoms with Gasteiger partial charge in [-0.05, 0) is 57.7 Å². The van der Waals surface area contributed by atoms with Gasteiger partial charge >= 0.3 is 0 Å². The number of allylic oxidation sites excluding steroid dienone is 5. The summed E-state index contributed by atoms with van der Waals surface area (Å²) in [6.07, 6.45) is 12.8. The Labute approximate surface area is 264 Å². The summed E-state index contributed by atoms with van der Waals surface area (Å²) in [4.78, 5) is 0. The molecule has 45 heavy (non-hydrogen) atoms. The van der Waals surface area contributed by atoms with E-state index in [4.69, 9.17) is 4.74 Å². The van der Waals surface area contributed by atoms with E-state index < -0.39 is 0 Å². The van der Waals surface area contributed by atoms with Crippen LogP contribution >= 0.6 is 0 Å². The Morgan fingerprint density at radius 1 is 0.533 bits per heavy atom. The van der Waals surface area contributed by atoms with Crippen molar-refractivity contribution in [1.29, 1.82) is 0 Å². The van der Waals surface area contributed by atoms with Crippen LogP contribution in [0.15, 0.2) is 139 Å². The molecule has 2 aliphatic carbocycles. The predicted octanol–water partition coefficient (Wildman–Crippen LogP) is 8.89. The van der Waals surface area contributed by atoms with Crippen LogP contribution in [0.5, 0.6) is 5.75 Å². The molecule has 0 spiro atoms. The van der Waals surface area contributed by atoms with Crippen molar-refractivity contribution in [1.82, 2.24) is 16.0 Å². The lowest BCUT2D eigenvalue weighted by atomic mass is 9.82. The molecule has 4 nitrogen and oxygen atoms in total. The minimum atomic E-state index is -0.106. The molecule has 4 heteroatoms. The summed E-state index contributed by atoms with van der Waals surface area (Å²) in [5.74, 6) is 2.73. The third-order valence-corrected chi connectivity index (χ3v) is 9.92. The van der Waals surface area contributed by atoms with E-state index in [1.807, 2.05) is 0 Å². The lowest BCUT2D eigenvalue weighted by Crippen LogP contribution is -2.54. The molecule has 0 bridgehead atoms. The maximum absolute atomic E-state index is 6.61. The lowest BCUT2D eigenvalue weighted by molar-refractivity contribution is 0.204. The van der Waals surface area contributed by atoms with Crippen molar-refractivity contribution >= 4 is 16.8 Å². The van der Waals surface area contributed by atoms with E-state index in [2.05, 4.69) is 156 Å². The molecule has 2 aliphatic heterocycles. The van der Waals surface area contributed by atoms with Gasteiger partial charge in [0.2, 0.25) is 0 Å². The Bertz CT molecular complexity index is 1990. The SMILES string of the molecule is C1=CCC2C(=C1)Oc1c2ccc2cccc(C3NC(c4ccccc4)NC(c4ccc(C5CC=Cc6ccccc65)cc4)N3)c12. The molecule has 0 amide bonds. The fraction of sp³-hybridized carbons (Fsp3) is 0.171. The zero-order valence-electron chi connectivity index (χ0n) is 25.0. The van der Waals surface area contributed by atoms with E-state index in [9.17, 15) is 0 Å². The van der Waals surface area contributed by atoms with Gasteiger partial charge in [0.25, 0.3) is 0 Å². The molecule has 5 aromatic rings. The summed E-state index contributed by atoms with van der Waals surface area (Å²) in [6.45, 7) is 0. The summed E-state index contributed by atoms with van der Waals surface area (Å²) in [5, 5.41) is 14.1. The molecule has 4 aliphatic rings. The molecule has 2 heterocycles. The van der Waals surface area contributed by atoms with E-state index in [0.717, 1.165) is 24.4 Å². The molecule has 220 valence electrons. The molecule has 5 aromatic carbocycles. The van der Waals surface area contributed by atoms with Crippen LogP contribution in [0.2, 0.25) is 0 Å².